The highest BCUT2D eigenvalue weighted by Gasteiger charge is 2.07. The lowest BCUT2D eigenvalue weighted by atomic mass is 10.2. The average Bonchev–Trinajstić information content (AvgIpc) is 2.75. The zero-order valence-electron chi connectivity index (χ0n) is 9.80. The summed E-state index contributed by atoms with van der Waals surface area (Å²) in [5, 5.41) is 3.93. The summed E-state index contributed by atoms with van der Waals surface area (Å²) in [6, 6.07) is 11.0. The number of carbonyl (C=O) groups is 1. The molecule has 0 saturated heterocycles. The van der Waals surface area contributed by atoms with Crippen molar-refractivity contribution >= 4 is 28.1 Å². The number of nitrogens with zero attached hydrogens (tertiary/aromatic N) is 2. The van der Waals surface area contributed by atoms with Gasteiger partial charge in [0.05, 0.1) is 17.5 Å². The fourth-order valence-electron chi connectivity index (χ4n) is 1.47. The Kier molecular flexibility index (Phi) is 3.94. The molecule has 2 rings (SSSR count). The van der Waals surface area contributed by atoms with Gasteiger partial charge >= 0.3 is 0 Å². The van der Waals surface area contributed by atoms with Crippen LogP contribution >= 0.6 is 15.9 Å². The molecule has 0 aliphatic carbocycles. The molecule has 92 valence electrons. The molecule has 0 saturated carbocycles. The normalized spacial score (nSPS) is 10.8. The summed E-state index contributed by atoms with van der Waals surface area (Å²) in [4.78, 5) is 11.8. The second-order valence-corrected chi connectivity index (χ2v) is 4.58. The molecule has 0 fully saturated rings. The minimum Gasteiger partial charge on any atom is -0.350 e. The van der Waals surface area contributed by atoms with Crippen molar-refractivity contribution in [1.29, 1.82) is 0 Å². The third kappa shape index (κ3) is 2.87. The van der Waals surface area contributed by atoms with Crippen LogP contribution in [0.3, 0.4) is 0 Å². The number of benzene rings is 1. The first-order valence-electron chi connectivity index (χ1n) is 5.38. The van der Waals surface area contributed by atoms with Gasteiger partial charge < -0.3 is 4.57 Å². The van der Waals surface area contributed by atoms with Crippen LogP contribution in [0, 0.1) is 0 Å². The van der Waals surface area contributed by atoms with Crippen molar-refractivity contribution in [3.8, 4) is 0 Å². The van der Waals surface area contributed by atoms with Gasteiger partial charge in [-0.1, -0.05) is 12.1 Å². The lowest BCUT2D eigenvalue weighted by Crippen LogP contribution is -2.18. The predicted molar refractivity (Wildman–Crippen MR) is 74.6 cm³/mol. The first kappa shape index (κ1) is 12.6. The van der Waals surface area contributed by atoms with Gasteiger partial charge in [-0.25, -0.2) is 5.43 Å². The monoisotopic (exact) mass is 305 g/mol. The van der Waals surface area contributed by atoms with Gasteiger partial charge in [-0.2, -0.15) is 5.10 Å². The molecule has 1 heterocycles. The van der Waals surface area contributed by atoms with E-state index < -0.39 is 0 Å². The molecule has 0 atom stereocenters. The molecule has 0 spiro atoms. The minimum absolute atomic E-state index is 0.243. The van der Waals surface area contributed by atoms with E-state index in [9.17, 15) is 4.79 Å². The van der Waals surface area contributed by atoms with Gasteiger partial charge in [0.1, 0.15) is 0 Å². The molecule has 1 aromatic carbocycles. The number of halogens is 1. The summed E-state index contributed by atoms with van der Waals surface area (Å²) in [7, 11) is 1.91. The summed E-state index contributed by atoms with van der Waals surface area (Å²) in [6.07, 6.45) is 3.52. The number of carbonyl (C=O) groups excluding carboxylic acids is 1. The SMILES string of the molecule is Cn1cccc1/C=N/NC(=O)c1ccccc1Br. The Morgan fingerprint density at radius 3 is 2.78 bits per heavy atom. The van der Waals surface area contributed by atoms with Gasteiger partial charge in [0.15, 0.2) is 0 Å². The van der Waals surface area contributed by atoms with Gasteiger partial charge in [-0.05, 0) is 40.2 Å². The molecular formula is C13H12BrN3O. The van der Waals surface area contributed by atoms with Crippen molar-refractivity contribution in [3.63, 3.8) is 0 Å². The number of rotatable bonds is 3. The van der Waals surface area contributed by atoms with Crippen molar-refractivity contribution in [2.24, 2.45) is 12.1 Å². The number of amides is 1. The van der Waals surface area contributed by atoms with E-state index in [1.54, 1.807) is 18.3 Å². The Morgan fingerprint density at radius 1 is 1.33 bits per heavy atom. The molecule has 0 radical (unpaired) electrons. The van der Waals surface area contributed by atoms with Gasteiger partial charge in [0.25, 0.3) is 5.91 Å². The average molecular weight is 306 g/mol. The predicted octanol–water partition coefficient (Wildman–Crippen LogP) is 2.55. The van der Waals surface area contributed by atoms with Crippen LogP contribution in [0.15, 0.2) is 52.2 Å². The number of hydrazone groups is 1. The zero-order valence-corrected chi connectivity index (χ0v) is 11.4. The number of nitrogens with one attached hydrogen (secondary N) is 1. The summed E-state index contributed by atoms with van der Waals surface area (Å²) >= 11 is 3.32. The maximum Gasteiger partial charge on any atom is 0.272 e. The van der Waals surface area contributed by atoms with E-state index in [0.29, 0.717) is 5.56 Å². The van der Waals surface area contributed by atoms with Crippen molar-refractivity contribution in [1.82, 2.24) is 9.99 Å². The highest BCUT2D eigenvalue weighted by atomic mass is 79.9. The highest BCUT2D eigenvalue weighted by Crippen LogP contribution is 2.15. The third-order valence-electron chi connectivity index (χ3n) is 2.47. The van der Waals surface area contributed by atoms with E-state index in [1.165, 1.54) is 0 Å². The van der Waals surface area contributed by atoms with E-state index >= 15 is 0 Å². The summed E-state index contributed by atoms with van der Waals surface area (Å²) in [6.45, 7) is 0. The van der Waals surface area contributed by atoms with Crippen molar-refractivity contribution in [3.05, 3.63) is 58.3 Å². The number of aryl methyl sites for hydroxylation is 1. The molecule has 1 aromatic heterocycles. The Bertz CT molecular complexity index is 589. The van der Waals surface area contributed by atoms with E-state index in [0.717, 1.165) is 10.2 Å². The van der Waals surface area contributed by atoms with Crippen molar-refractivity contribution in [2.75, 3.05) is 0 Å². The Balaban J connectivity index is 2.03. The standard InChI is InChI=1S/C13H12BrN3O/c1-17-8-4-5-10(17)9-15-16-13(18)11-6-2-3-7-12(11)14/h2-9H,1H3,(H,16,18)/b15-9+. The van der Waals surface area contributed by atoms with Crippen LogP contribution in [0.5, 0.6) is 0 Å². The number of aromatic nitrogens is 1. The second kappa shape index (κ2) is 5.64. The summed E-state index contributed by atoms with van der Waals surface area (Å²) in [5.74, 6) is -0.243. The van der Waals surface area contributed by atoms with Gasteiger partial charge in [-0.15, -0.1) is 0 Å². The fraction of sp³-hybridized carbons (Fsp3) is 0.0769. The van der Waals surface area contributed by atoms with E-state index in [-0.39, 0.29) is 5.91 Å². The Hall–Kier alpha value is -1.88. The van der Waals surface area contributed by atoms with E-state index in [4.69, 9.17) is 0 Å². The Labute approximate surface area is 113 Å². The van der Waals surface area contributed by atoms with Crippen LogP contribution in [0.25, 0.3) is 0 Å². The molecule has 0 unspecified atom stereocenters. The number of hydrogen-bond acceptors (Lipinski definition) is 2. The quantitative estimate of drug-likeness (QED) is 0.687. The van der Waals surface area contributed by atoms with Crippen LogP contribution in [0.4, 0.5) is 0 Å². The molecule has 4 nitrogen and oxygen atoms in total. The molecule has 0 aliphatic heterocycles. The topological polar surface area (TPSA) is 46.4 Å². The van der Waals surface area contributed by atoms with E-state index in [1.807, 2.05) is 42.1 Å². The van der Waals surface area contributed by atoms with Crippen LogP contribution in [-0.2, 0) is 7.05 Å². The lowest BCUT2D eigenvalue weighted by molar-refractivity contribution is 0.0954. The molecular weight excluding hydrogens is 294 g/mol. The van der Waals surface area contributed by atoms with Crippen molar-refractivity contribution in [2.45, 2.75) is 0 Å². The first-order chi connectivity index (χ1) is 8.68. The minimum atomic E-state index is -0.243. The maximum absolute atomic E-state index is 11.8. The largest absolute Gasteiger partial charge is 0.350 e. The fourth-order valence-corrected chi connectivity index (χ4v) is 1.94. The Morgan fingerprint density at radius 2 is 2.11 bits per heavy atom. The summed E-state index contributed by atoms with van der Waals surface area (Å²) in [5.41, 5.74) is 3.97. The highest BCUT2D eigenvalue weighted by molar-refractivity contribution is 9.10. The smallest absolute Gasteiger partial charge is 0.272 e. The van der Waals surface area contributed by atoms with E-state index in [2.05, 4.69) is 26.5 Å². The number of hydrogen-bond donors (Lipinski definition) is 1. The van der Waals surface area contributed by atoms with Gasteiger partial charge in [-0.3, -0.25) is 4.79 Å². The third-order valence-corrected chi connectivity index (χ3v) is 3.16. The molecule has 0 aliphatic rings. The molecule has 18 heavy (non-hydrogen) atoms. The van der Waals surface area contributed by atoms with Crippen LogP contribution in [-0.4, -0.2) is 16.7 Å². The zero-order chi connectivity index (χ0) is 13.0. The molecule has 1 amide bonds. The summed E-state index contributed by atoms with van der Waals surface area (Å²) < 4.78 is 2.66. The second-order valence-electron chi connectivity index (χ2n) is 3.72. The van der Waals surface area contributed by atoms with Gasteiger partial charge in [0, 0.05) is 17.7 Å². The lowest BCUT2D eigenvalue weighted by Gasteiger charge is -2.02. The molecule has 2 aromatic rings. The van der Waals surface area contributed by atoms with Crippen LogP contribution in [0.2, 0.25) is 0 Å². The molecule has 1 N–H and O–H groups in total. The first-order valence-corrected chi connectivity index (χ1v) is 6.17. The maximum atomic E-state index is 11.8. The molecule has 0 bridgehead atoms. The van der Waals surface area contributed by atoms with Gasteiger partial charge in [0.2, 0.25) is 0 Å². The van der Waals surface area contributed by atoms with Crippen LogP contribution < -0.4 is 5.43 Å². The van der Waals surface area contributed by atoms with Crippen molar-refractivity contribution < 1.29 is 4.79 Å². The molecule has 5 heteroatoms. The van der Waals surface area contributed by atoms with Crippen LogP contribution in [0.1, 0.15) is 16.1 Å².